The standard InChI is InChI=1S/C19H30N2O5/c1-17(2,3)13(20-16(25)26-18(4,5)6)14(22)21-9-10-11(12(21)15(23)24)19(10)7-8-19/h10-13H,7-9H2,1-6H3,(H,20,25)(H,23,24)/t10-,11-,12-,13+/m0/s1. The van der Waals surface area contributed by atoms with Crippen LogP contribution < -0.4 is 5.32 Å². The predicted molar refractivity (Wildman–Crippen MR) is 94.4 cm³/mol. The van der Waals surface area contributed by atoms with Gasteiger partial charge in [-0.3, -0.25) is 4.79 Å². The van der Waals surface area contributed by atoms with Gasteiger partial charge in [-0.15, -0.1) is 0 Å². The highest BCUT2D eigenvalue weighted by Crippen LogP contribution is 2.78. The first kappa shape index (κ1) is 19.0. The molecule has 26 heavy (non-hydrogen) atoms. The van der Waals surface area contributed by atoms with Gasteiger partial charge in [0.25, 0.3) is 0 Å². The Labute approximate surface area is 154 Å². The van der Waals surface area contributed by atoms with Crippen LogP contribution in [0.4, 0.5) is 4.79 Å². The summed E-state index contributed by atoms with van der Waals surface area (Å²) in [6.45, 7) is 11.3. The lowest BCUT2D eigenvalue weighted by atomic mass is 9.85. The molecule has 1 spiro atoms. The molecule has 2 amide bonds. The van der Waals surface area contributed by atoms with Crippen LogP contribution in [0.1, 0.15) is 54.4 Å². The van der Waals surface area contributed by atoms with Gasteiger partial charge < -0.3 is 20.1 Å². The van der Waals surface area contributed by atoms with Crippen molar-refractivity contribution in [3.8, 4) is 0 Å². The molecule has 2 N–H and O–H groups in total. The van der Waals surface area contributed by atoms with Crippen molar-refractivity contribution in [3.63, 3.8) is 0 Å². The number of likely N-dealkylation sites (tertiary alicyclic amines) is 1. The molecule has 7 heteroatoms. The van der Waals surface area contributed by atoms with Crippen molar-refractivity contribution >= 4 is 18.0 Å². The Balaban J connectivity index is 1.76. The summed E-state index contributed by atoms with van der Waals surface area (Å²) < 4.78 is 5.29. The van der Waals surface area contributed by atoms with E-state index < -0.39 is 35.2 Å². The molecular formula is C19H30N2O5. The number of alkyl carbamates (subject to hydrolysis) is 1. The quantitative estimate of drug-likeness (QED) is 0.799. The second-order valence-corrected chi connectivity index (χ2v) is 10.1. The summed E-state index contributed by atoms with van der Waals surface area (Å²) in [7, 11) is 0. The highest BCUT2D eigenvalue weighted by atomic mass is 16.6. The molecule has 1 saturated heterocycles. The van der Waals surface area contributed by atoms with Gasteiger partial charge in [0, 0.05) is 12.5 Å². The third-order valence-electron chi connectivity index (χ3n) is 5.93. The molecule has 3 aliphatic rings. The van der Waals surface area contributed by atoms with Crippen molar-refractivity contribution in [2.24, 2.45) is 22.7 Å². The van der Waals surface area contributed by atoms with Gasteiger partial charge in [0.2, 0.25) is 5.91 Å². The SMILES string of the molecule is CC(C)(C)OC(=O)N[C@H](C(=O)N1C[C@H]2[C@@H]([C@H]1C(=O)O)C21CC1)C(C)(C)C. The fourth-order valence-electron chi connectivity index (χ4n) is 4.56. The minimum Gasteiger partial charge on any atom is -0.480 e. The highest BCUT2D eigenvalue weighted by Gasteiger charge is 2.79. The molecular weight excluding hydrogens is 336 g/mol. The monoisotopic (exact) mass is 366 g/mol. The minimum absolute atomic E-state index is 0.0751. The number of hydrogen-bond donors (Lipinski definition) is 2. The van der Waals surface area contributed by atoms with Crippen LogP contribution in [0.5, 0.6) is 0 Å². The Morgan fingerprint density at radius 2 is 1.73 bits per heavy atom. The number of hydrogen-bond acceptors (Lipinski definition) is 4. The molecule has 3 rings (SSSR count). The summed E-state index contributed by atoms with van der Waals surface area (Å²) in [5.74, 6) is -0.904. The fourth-order valence-corrected chi connectivity index (χ4v) is 4.56. The average Bonchev–Trinajstić information content (AvgIpc) is 3.29. The van der Waals surface area contributed by atoms with Crippen molar-refractivity contribution in [2.45, 2.75) is 72.1 Å². The number of carbonyl (C=O) groups is 3. The van der Waals surface area contributed by atoms with Gasteiger partial charge in [-0.05, 0) is 50.4 Å². The molecule has 0 aromatic rings. The predicted octanol–water partition coefficient (Wildman–Crippen LogP) is 2.25. The highest BCUT2D eigenvalue weighted by molar-refractivity contribution is 5.91. The summed E-state index contributed by atoms with van der Waals surface area (Å²) in [5.41, 5.74) is -1.05. The number of nitrogens with zero attached hydrogens (tertiary/aromatic N) is 1. The first-order chi connectivity index (χ1) is 11.8. The van der Waals surface area contributed by atoms with Crippen LogP contribution in [-0.4, -0.2) is 52.2 Å². The van der Waals surface area contributed by atoms with Crippen LogP contribution in [0.25, 0.3) is 0 Å². The van der Waals surface area contributed by atoms with E-state index in [1.807, 2.05) is 20.8 Å². The number of piperidine rings is 1. The van der Waals surface area contributed by atoms with E-state index in [0.29, 0.717) is 12.5 Å². The maximum atomic E-state index is 13.2. The first-order valence-electron chi connectivity index (χ1n) is 9.31. The van der Waals surface area contributed by atoms with Gasteiger partial charge in [-0.2, -0.15) is 0 Å². The number of amides is 2. The lowest BCUT2D eigenvalue weighted by molar-refractivity contribution is -0.152. The molecule has 146 valence electrons. The van der Waals surface area contributed by atoms with Crippen molar-refractivity contribution in [1.82, 2.24) is 10.2 Å². The summed E-state index contributed by atoms with van der Waals surface area (Å²) in [6.07, 6.45) is 1.49. The Kier molecular flexibility index (Phi) is 4.09. The van der Waals surface area contributed by atoms with Crippen molar-refractivity contribution in [2.75, 3.05) is 6.54 Å². The average molecular weight is 366 g/mol. The normalized spacial score (nSPS) is 29.8. The number of carboxylic acids is 1. The van der Waals surface area contributed by atoms with Crippen LogP contribution in [-0.2, 0) is 14.3 Å². The van der Waals surface area contributed by atoms with Crippen LogP contribution in [0.2, 0.25) is 0 Å². The smallest absolute Gasteiger partial charge is 0.408 e. The number of fused-ring (bicyclic) bond motifs is 3. The molecule has 0 unspecified atom stereocenters. The number of aliphatic carboxylic acids is 1. The minimum atomic E-state index is -0.945. The summed E-state index contributed by atoms with van der Waals surface area (Å²) in [4.78, 5) is 38.7. The molecule has 3 fully saturated rings. The number of carbonyl (C=O) groups excluding carboxylic acids is 2. The molecule has 2 aliphatic carbocycles. The lowest BCUT2D eigenvalue weighted by Crippen LogP contribution is -2.58. The summed E-state index contributed by atoms with van der Waals surface area (Å²) in [5, 5.41) is 12.4. The Bertz CT molecular complexity index is 641. The summed E-state index contributed by atoms with van der Waals surface area (Å²) in [6, 6.07) is -1.62. The molecule has 1 heterocycles. The molecule has 0 bridgehead atoms. The zero-order valence-corrected chi connectivity index (χ0v) is 16.5. The Hall–Kier alpha value is -1.79. The summed E-state index contributed by atoms with van der Waals surface area (Å²) >= 11 is 0. The van der Waals surface area contributed by atoms with E-state index in [4.69, 9.17) is 4.74 Å². The van der Waals surface area contributed by atoms with Crippen molar-refractivity contribution < 1.29 is 24.2 Å². The Morgan fingerprint density at radius 1 is 1.15 bits per heavy atom. The maximum absolute atomic E-state index is 13.2. The van der Waals surface area contributed by atoms with E-state index >= 15 is 0 Å². The van der Waals surface area contributed by atoms with Crippen LogP contribution in [0, 0.1) is 22.7 Å². The second-order valence-electron chi connectivity index (χ2n) is 10.1. The van der Waals surface area contributed by atoms with Gasteiger partial charge in [0.15, 0.2) is 0 Å². The largest absolute Gasteiger partial charge is 0.480 e. The van der Waals surface area contributed by atoms with E-state index in [9.17, 15) is 19.5 Å². The van der Waals surface area contributed by atoms with Gasteiger partial charge >= 0.3 is 12.1 Å². The van der Waals surface area contributed by atoms with Crippen LogP contribution in [0.3, 0.4) is 0 Å². The third-order valence-corrected chi connectivity index (χ3v) is 5.93. The topological polar surface area (TPSA) is 95.9 Å². The Morgan fingerprint density at radius 3 is 2.15 bits per heavy atom. The molecule has 0 radical (unpaired) electrons. The number of ether oxygens (including phenoxy) is 1. The number of carboxylic acid groups (broad SMARTS) is 1. The fraction of sp³-hybridized carbons (Fsp3) is 0.842. The zero-order valence-electron chi connectivity index (χ0n) is 16.5. The molecule has 0 aromatic heterocycles. The van der Waals surface area contributed by atoms with Crippen LogP contribution in [0.15, 0.2) is 0 Å². The van der Waals surface area contributed by atoms with E-state index in [-0.39, 0.29) is 17.2 Å². The van der Waals surface area contributed by atoms with Crippen molar-refractivity contribution in [1.29, 1.82) is 0 Å². The zero-order chi connectivity index (χ0) is 19.7. The number of nitrogens with one attached hydrogen (secondary N) is 1. The second kappa shape index (κ2) is 5.60. The maximum Gasteiger partial charge on any atom is 0.408 e. The van der Waals surface area contributed by atoms with Gasteiger partial charge in [0.1, 0.15) is 17.7 Å². The van der Waals surface area contributed by atoms with Gasteiger partial charge in [-0.25, -0.2) is 9.59 Å². The lowest BCUT2D eigenvalue weighted by Gasteiger charge is -2.36. The van der Waals surface area contributed by atoms with E-state index in [1.54, 1.807) is 20.8 Å². The van der Waals surface area contributed by atoms with Crippen molar-refractivity contribution in [3.05, 3.63) is 0 Å². The van der Waals surface area contributed by atoms with Crippen LogP contribution >= 0.6 is 0 Å². The van der Waals surface area contributed by atoms with Gasteiger partial charge in [-0.1, -0.05) is 20.8 Å². The first-order valence-corrected chi connectivity index (χ1v) is 9.31. The molecule has 4 atom stereocenters. The molecule has 7 nitrogen and oxygen atoms in total. The molecule has 0 aromatic carbocycles. The number of rotatable bonds is 3. The van der Waals surface area contributed by atoms with E-state index in [0.717, 1.165) is 12.8 Å². The van der Waals surface area contributed by atoms with E-state index in [1.165, 1.54) is 4.90 Å². The molecule has 1 aliphatic heterocycles. The van der Waals surface area contributed by atoms with E-state index in [2.05, 4.69) is 5.32 Å². The molecule has 2 saturated carbocycles. The third kappa shape index (κ3) is 3.16. The van der Waals surface area contributed by atoms with Gasteiger partial charge in [0.05, 0.1) is 0 Å².